The zero-order valence-corrected chi connectivity index (χ0v) is 15.5. The Labute approximate surface area is 163 Å². The van der Waals surface area contributed by atoms with Gasteiger partial charge in [0.1, 0.15) is 11.4 Å². The van der Waals surface area contributed by atoms with E-state index in [2.05, 4.69) is 20.6 Å². The van der Waals surface area contributed by atoms with E-state index in [9.17, 15) is 4.79 Å². The molecule has 1 heterocycles. The smallest absolute Gasteiger partial charge is 0.274 e. The van der Waals surface area contributed by atoms with Gasteiger partial charge in [0.25, 0.3) is 5.91 Å². The van der Waals surface area contributed by atoms with Gasteiger partial charge in [-0.2, -0.15) is 5.26 Å². The highest BCUT2D eigenvalue weighted by Gasteiger charge is 2.11. The van der Waals surface area contributed by atoms with Crippen molar-refractivity contribution in [3.05, 3.63) is 72.1 Å². The van der Waals surface area contributed by atoms with Gasteiger partial charge in [-0.25, -0.2) is 9.97 Å². The number of benzene rings is 2. The Bertz CT molecular complexity index is 1010. The lowest BCUT2D eigenvalue weighted by Crippen LogP contribution is -2.15. The van der Waals surface area contributed by atoms with E-state index in [1.54, 1.807) is 24.3 Å². The number of aromatic nitrogens is 2. The van der Waals surface area contributed by atoms with Crippen LogP contribution in [0.1, 0.15) is 29.9 Å². The Morgan fingerprint density at radius 3 is 2.57 bits per heavy atom. The topological polar surface area (TPSA) is 99.9 Å². The van der Waals surface area contributed by atoms with E-state index < -0.39 is 0 Å². The zero-order chi connectivity index (χ0) is 19.9. The molecule has 0 aliphatic carbocycles. The number of ether oxygens (including phenoxy) is 1. The minimum absolute atomic E-state index is 0.0217. The first-order valence-electron chi connectivity index (χ1n) is 8.72. The molecule has 2 N–H and O–H groups in total. The molecule has 0 spiro atoms. The summed E-state index contributed by atoms with van der Waals surface area (Å²) in [5.74, 6) is 0.586. The normalized spacial score (nSPS) is 10.2. The molecule has 0 saturated heterocycles. The summed E-state index contributed by atoms with van der Waals surface area (Å²) in [7, 11) is 0. The highest BCUT2D eigenvalue weighted by atomic mass is 16.5. The molecule has 1 amide bonds. The van der Waals surface area contributed by atoms with Gasteiger partial charge in [0.2, 0.25) is 5.95 Å². The summed E-state index contributed by atoms with van der Waals surface area (Å²) >= 11 is 0. The summed E-state index contributed by atoms with van der Waals surface area (Å²) in [6, 6.07) is 17.6. The third-order valence-corrected chi connectivity index (χ3v) is 3.66. The number of carbonyl (C=O) groups excluding carboxylic acids is 1. The maximum Gasteiger partial charge on any atom is 0.274 e. The largest absolute Gasteiger partial charge is 0.489 e. The summed E-state index contributed by atoms with van der Waals surface area (Å²) in [6.45, 7) is 3.89. The van der Waals surface area contributed by atoms with Crippen LogP contribution in [0, 0.1) is 11.3 Å². The van der Waals surface area contributed by atoms with Gasteiger partial charge < -0.3 is 15.4 Å². The van der Waals surface area contributed by atoms with E-state index in [-0.39, 0.29) is 23.7 Å². The molecular weight excluding hydrogens is 354 g/mol. The first-order chi connectivity index (χ1) is 13.5. The van der Waals surface area contributed by atoms with E-state index in [1.807, 2.05) is 44.2 Å². The van der Waals surface area contributed by atoms with E-state index in [0.717, 1.165) is 0 Å². The lowest BCUT2D eigenvalue weighted by Gasteiger charge is -2.14. The van der Waals surface area contributed by atoms with E-state index in [1.165, 1.54) is 12.3 Å². The maximum absolute atomic E-state index is 12.5. The molecule has 140 valence electrons. The summed E-state index contributed by atoms with van der Waals surface area (Å²) in [5.41, 5.74) is 2.02. The molecule has 0 saturated carbocycles. The molecule has 0 radical (unpaired) electrons. The van der Waals surface area contributed by atoms with Crippen molar-refractivity contribution in [3.8, 4) is 11.8 Å². The quantitative estimate of drug-likeness (QED) is 0.674. The van der Waals surface area contributed by atoms with Crippen LogP contribution < -0.4 is 15.4 Å². The van der Waals surface area contributed by atoms with E-state index in [0.29, 0.717) is 22.7 Å². The minimum atomic E-state index is -0.373. The van der Waals surface area contributed by atoms with Crippen LogP contribution in [0.4, 0.5) is 17.3 Å². The molecule has 3 aromatic rings. The maximum atomic E-state index is 12.5. The minimum Gasteiger partial charge on any atom is -0.489 e. The van der Waals surface area contributed by atoms with Crippen LogP contribution >= 0.6 is 0 Å². The molecule has 0 bridgehead atoms. The van der Waals surface area contributed by atoms with Gasteiger partial charge in [0.05, 0.1) is 23.4 Å². The van der Waals surface area contributed by atoms with Crippen LogP contribution in [0.2, 0.25) is 0 Å². The van der Waals surface area contributed by atoms with Crippen molar-refractivity contribution >= 4 is 23.2 Å². The van der Waals surface area contributed by atoms with Gasteiger partial charge in [-0.05, 0) is 56.3 Å². The second-order valence-corrected chi connectivity index (χ2v) is 6.20. The lowest BCUT2D eigenvalue weighted by molar-refractivity contribution is 0.102. The van der Waals surface area contributed by atoms with Crippen LogP contribution in [-0.4, -0.2) is 22.0 Å². The highest BCUT2D eigenvalue weighted by Crippen LogP contribution is 2.27. The van der Waals surface area contributed by atoms with Gasteiger partial charge in [0.15, 0.2) is 0 Å². The molecule has 0 unspecified atom stereocenters. The molecular formula is C21H19N5O2. The number of para-hydroxylation sites is 2. The first-order valence-corrected chi connectivity index (χ1v) is 8.72. The Hall–Kier alpha value is -3.92. The zero-order valence-electron chi connectivity index (χ0n) is 15.5. The fraction of sp³-hybridized carbons (Fsp3) is 0.143. The van der Waals surface area contributed by atoms with Gasteiger partial charge in [-0.1, -0.05) is 12.1 Å². The SMILES string of the molecule is CC(C)Oc1ccccc1Nc1nccc(C(=O)Nc2ccc(C#N)cc2)n1. The fourth-order valence-corrected chi connectivity index (χ4v) is 2.42. The van der Waals surface area contributed by atoms with Crippen LogP contribution in [-0.2, 0) is 0 Å². The Morgan fingerprint density at radius 1 is 1.11 bits per heavy atom. The summed E-state index contributed by atoms with van der Waals surface area (Å²) in [4.78, 5) is 20.9. The predicted molar refractivity (Wildman–Crippen MR) is 107 cm³/mol. The number of rotatable bonds is 6. The number of nitrogens with zero attached hydrogens (tertiary/aromatic N) is 3. The third kappa shape index (κ3) is 4.83. The van der Waals surface area contributed by atoms with Crippen LogP contribution in [0.3, 0.4) is 0 Å². The van der Waals surface area contributed by atoms with E-state index in [4.69, 9.17) is 10.00 Å². The molecule has 0 aliphatic rings. The third-order valence-electron chi connectivity index (χ3n) is 3.66. The summed E-state index contributed by atoms with van der Waals surface area (Å²) < 4.78 is 5.77. The number of nitriles is 1. The van der Waals surface area contributed by atoms with Crippen molar-refractivity contribution in [1.82, 2.24) is 9.97 Å². The molecule has 0 fully saturated rings. The number of hydrogen-bond acceptors (Lipinski definition) is 6. The van der Waals surface area contributed by atoms with Crippen LogP contribution in [0.25, 0.3) is 0 Å². The van der Waals surface area contributed by atoms with Crippen molar-refractivity contribution < 1.29 is 9.53 Å². The number of amides is 1. The number of nitrogens with one attached hydrogen (secondary N) is 2. The fourth-order valence-electron chi connectivity index (χ4n) is 2.42. The van der Waals surface area contributed by atoms with Gasteiger partial charge in [-0.15, -0.1) is 0 Å². The Morgan fingerprint density at radius 2 is 1.86 bits per heavy atom. The van der Waals surface area contributed by atoms with E-state index >= 15 is 0 Å². The summed E-state index contributed by atoms with van der Waals surface area (Å²) in [6.07, 6.45) is 1.53. The van der Waals surface area contributed by atoms with Crippen LogP contribution in [0.15, 0.2) is 60.8 Å². The number of carbonyl (C=O) groups is 1. The predicted octanol–water partition coefficient (Wildman–Crippen LogP) is 4.13. The average Bonchev–Trinajstić information content (AvgIpc) is 2.70. The molecule has 1 aromatic heterocycles. The molecule has 28 heavy (non-hydrogen) atoms. The van der Waals surface area contributed by atoms with Crippen molar-refractivity contribution in [2.75, 3.05) is 10.6 Å². The molecule has 7 heteroatoms. The number of anilines is 3. The number of hydrogen-bond donors (Lipinski definition) is 2. The summed E-state index contributed by atoms with van der Waals surface area (Å²) in [5, 5.41) is 14.7. The standard InChI is InChI=1S/C21H19N5O2/c1-14(2)28-19-6-4-3-5-17(19)25-21-23-12-11-18(26-21)20(27)24-16-9-7-15(13-22)8-10-16/h3-12,14H,1-2H3,(H,24,27)(H,23,25,26). The van der Waals surface area contributed by atoms with Gasteiger partial charge >= 0.3 is 0 Å². The van der Waals surface area contributed by atoms with Crippen molar-refractivity contribution in [2.45, 2.75) is 20.0 Å². The molecule has 0 aliphatic heterocycles. The highest BCUT2D eigenvalue weighted by molar-refractivity contribution is 6.03. The Balaban J connectivity index is 1.75. The first kappa shape index (κ1) is 18.9. The van der Waals surface area contributed by atoms with Gasteiger partial charge in [0, 0.05) is 11.9 Å². The molecule has 7 nitrogen and oxygen atoms in total. The Kier molecular flexibility index (Phi) is 5.82. The van der Waals surface area contributed by atoms with Gasteiger partial charge in [-0.3, -0.25) is 4.79 Å². The monoisotopic (exact) mass is 373 g/mol. The van der Waals surface area contributed by atoms with Crippen molar-refractivity contribution in [1.29, 1.82) is 5.26 Å². The van der Waals surface area contributed by atoms with Crippen molar-refractivity contribution in [2.24, 2.45) is 0 Å². The second kappa shape index (κ2) is 8.64. The van der Waals surface area contributed by atoms with Crippen molar-refractivity contribution in [3.63, 3.8) is 0 Å². The second-order valence-electron chi connectivity index (χ2n) is 6.20. The van der Waals surface area contributed by atoms with Crippen LogP contribution in [0.5, 0.6) is 5.75 Å². The molecule has 3 rings (SSSR count). The lowest BCUT2D eigenvalue weighted by atomic mass is 10.2. The average molecular weight is 373 g/mol. The molecule has 2 aromatic carbocycles. The molecule has 0 atom stereocenters.